The summed E-state index contributed by atoms with van der Waals surface area (Å²) >= 11 is 0. The van der Waals surface area contributed by atoms with Crippen molar-refractivity contribution in [2.75, 3.05) is 5.32 Å². The Morgan fingerprint density at radius 3 is 2.87 bits per heavy atom. The van der Waals surface area contributed by atoms with E-state index in [0.29, 0.717) is 5.82 Å². The van der Waals surface area contributed by atoms with Crippen LogP contribution in [-0.2, 0) is 12.8 Å². The Labute approximate surface area is 134 Å². The molecule has 1 aromatic carbocycles. The summed E-state index contributed by atoms with van der Waals surface area (Å²) in [6, 6.07) is 8.12. The van der Waals surface area contributed by atoms with E-state index >= 15 is 0 Å². The number of fused-ring (bicyclic) bond motifs is 2. The van der Waals surface area contributed by atoms with Crippen LogP contribution >= 0.6 is 0 Å². The number of aryl methyl sites for hydroxylation is 4. The molecule has 0 fully saturated rings. The summed E-state index contributed by atoms with van der Waals surface area (Å²) in [6.45, 7) is 3.91. The van der Waals surface area contributed by atoms with Gasteiger partial charge in [-0.25, -0.2) is 9.50 Å². The third kappa shape index (κ3) is 2.38. The molecular weight excluding hydrogens is 288 g/mol. The molecule has 5 heteroatoms. The fraction of sp³-hybridized carbons (Fsp3) is 0.278. The van der Waals surface area contributed by atoms with Crippen LogP contribution < -0.4 is 5.32 Å². The molecule has 3 aromatic rings. The van der Waals surface area contributed by atoms with E-state index in [0.717, 1.165) is 35.3 Å². The summed E-state index contributed by atoms with van der Waals surface area (Å²) in [5.41, 5.74) is 6.32. The number of nitrogens with zero attached hydrogens (tertiary/aromatic N) is 3. The molecular formula is C18H18N4O. The minimum absolute atomic E-state index is 0.236. The van der Waals surface area contributed by atoms with Crippen LogP contribution in [0.25, 0.3) is 5.52 Å². The highest BCUT2D eigenvalue weighted by atomic mass is 16.2. The van der Waals surface area contributed by atoms with Crippen LogP contribution in [0.4, 0.5) is 5.69 Å². The van der Waals surface area contributed by atoms with Gasteiger partial charge in [0.1, 0.15) is 0 Å². The van der Waals surface area contributed by atoms with E-state index < -0.39 is 0 Å². The largest absolute Gasteiger partial charge is 0.319 e. The zero-order valence-corrected chi connectivity index (χ0v) is 13.3. The number of anilines is 1. The van der Waals surface area contributed by atoms with Crippen LogP contribution in [0.2, 0.25) is 0 Å². The van der Waals surface area contributed by atoms with Gasteiger partial charge in [-0.15, -0.1) is 0 Å². The fourth-order valence-corrected chi connectivity index (χ4v) is 3.28. The summed E-state index contributed by atoms with van der Waals surface area (Å²) in [6.07, 6.45) is 5.11. The maximum Gasteiger partial charge on any atom is 0.293 e. The normalized spacial score (nSPS) is 13.3. The maximum atomic E-state index is 12.6. The van der Waals surface area contributed by atoms with E-state index in [4.69, 9.17) is 0 Å². The topological polar surface area (TPSA) is 59.3 Å². The zero-order valence-electron chi connectivity index (χ0n) is 13.3. The van der Waals surface area contributed by atoms with Gasteiger partial charge >= 0.3 is 0 Å². The number of hydrogen-bond acceptors (Lipinski definition) is 3. The van der Waals surface area contributed by atoms with Crippen LogP contribution in [0.5, 0.6) is 0 Å². The Morgan fingerprint density at radius 2 is 2.00 bits per heavy atom. The minimum atomic E-state index is -0.236. The second-order valence-electron chi connectivity index (χ2n) is 6.14. The molecule has 0 saturated carbocycles. The maximum absolute atomic E-state index is 12.6. The molecule has 5 nitrogen and oxygen atoms in total. The van der Waals surface area contributed by atoms with E-state index in [9.17, 15) is 4.79 Å². The SMILES string of the molecule is Cc1cc(C)c2cnc(C(=O)Nc3ccc4c(c3)CCC4)n2n1. The van der Waals surface area contributed by atoms with Gasteiger partial charge < -0.3 is 5.32 Å². The second kappa shape index (κ2) is 5.19. The lowest BCUT2D eigenvalue weighted by Crippen LogP contribution is -2.17. The summed E-state index contributed by atoms with van der Waals surface area (Å²) in [5, 5.41) is 7.35. The van der Waals surface area contributed by atoms with Crippen LogP contribution in [0, 0.1) is 13.8 Å². The van der Waals surface area contributed by atoms with Crippen LogP contribution in [0.1, 0.15) is 39.4 Å². The first kappa shape index (κ1) is 13.9. The van der Waals surface area contributed by atoms with Crippen molar-refractivity contribution >= 4 is 17.1 Å². The Hall–Kier alpha value is -2.69. The van der Waals surface area contributed by atoms with Gasteiger partial charge in [-0.3, -0.25) is 4.79 Å². The quantitative estimate of drug-likeness (QED) is 0.791. The molecule has 0 radical (unpaired) electrons. The summed E-state index contributed by atoms with van der Waals surface area (Å²) in [7, 11) is 0. The average molecular weight is 306 g/mol. The first-order valence-corrected chi connectivity index (χ1v) is 7.87. The van der Waals surface area contributed by atoms with E-state index in [-0.39, 0.29) is 5.91 Å². The first-order valence-electron chi connectivity index (χ1n) is 7.87. The molecule has 2 heterocycles. The van der Waals surface area contributed by atoms with Crippen molar-refractivity contribution in [3.8, 4) is 0 Å². The van der Waals surface area contributed by atoms with Gasteiger partial charge in [0.2, 0.25) is 5.82 Å². The van der Waals surface area contributed by atoms with E-state index in [1.165, 1.54) is 17.5 Å². The number of carbonyl (C=O) groups is 1. The molecule has 116 valence electrons. The molecule has 0 bridgehead atoms. The number of imidazole rings is 1. The number of hydrogen-bond donors (Lipinski definition) is 1. The van der Waals surface area contributed by atoms with Crippen molar-refractivity contribution in [3.05, 3.63) is 58.7 Å². The summed E-state index contributed by atoms with van der Waals surface area (Å²) < 4.78 is 1.62. The third-order valence-electron chi connectivity index (χ3n) is 4.38. The van der Waals surface area contributed by atoms with Crippen molar-refractivity contribution < 1.29 is 4.79 Å². The van der Waals surface area contributed by atoms with Gasteiger partial charge in [-0.1, -0.05) is 6.07 Å². The van der Waals surface area contributed by atoms with Gasteiger partial charge in [0.15, 0.2) is 0 Å². The Morgan fingerprint density at radius 1 is 1.17 bits per heavy atom. The number of benzene rings is 1. The predicted octanol–water partition coefficient (Wildman–Crippen LogP) is 3.09. The summed E-state index contributed by atoms with van der Waals surface area (Å²) in [4.78, 5) is 16.8. The molecule has 0 saturated heterocycles. The van der Waals surface area contributed by atoms with Crippen molar-refractivity contribution in [2.24, 2.45) is 0 Å². The molecule has 1 aliphatic rings. The highest BCUT2D eigenvalue weighted by Crippen LogP contribution is 2.25. The average Bonchev–Trinajstić information content (AvgIpc) is 3.12. The van der Waals surface area contributed by atoms with Crippen molar-refractivity contribution in [3.63, 3.8) is 0 Å². The van der Waals surface area contributed by atoms with Gasteiger partial charge in [-0.05, 0) is 68.0 Å². The van der Waals surface area contributed by atoms with Gasteiger partial charge in [-0.2, -0.15) is 5.10 Å². The van der Waals surface area contributed by atoms with E-state index in [1.807, 2.05) is 26.0 Å². The third-order valence-corrected chi connectivity index (χ3v) is 4.38. The lowest BCUT2D eigenvalue weighted by Gasteiger charge is -2.07. The number of aromatic nitrogens is 3. The molecule has 1 N–H and O–H groups in total. The van der Waals surface area contributed by atoms with E-state index in [1.54, 1.807) is 10.7 Å². The molecule has 1 amide bonds. The number of amides is 1. The summed E-state index contributed by atoms with van der Waals surface area (Å²) in [5.74, 6) is 0.0766. The molecule has 0 spiro atoms. The fourth-order valence-electron chi connectivity index (χ4n) is 3.28. The predicted molar refractivity (Wildman–Crippen MR) is 88.9 cm³/mol. The standard InChI is InChI=1S/C18H18N4O/c1-11-8-12(2)21-22-16(11)10-19-17(22)18(23)20-15-7-6-13-4-3-5-14(13)9-15/h6-10H,3-5H2,1-2H3,(H,20,23). The van der Waals surface area contributed by atoms with E-state index in [2.05, 4.69) is 27.5 Å². The monoisotopic (exact) mass is 306 g/mol. The molecule has 4 rings (SSSR count). The Kier molecular flexibility index (Phi) is 3.15. The van der Waals surface area contributed by atoms with Gasteiger partial charge in [0.25, 0.3) is 5.91 Å². The molecule has 0 atom stereocenters. The van der Waals surface area contributed by atoms with Crippen LogP contribution in [0.3, 0.4) is 0 Å². The molecule has 1 aliphatic carbocycles. The van der Waals surface area contributed by atoms with Crippen LogP contribution in [0.15, 0.2) is 30.5 Å². The molecule has 0 unspecified atom stereocenters. The molecule has 2 aromatic heterocycles. The Bertz CT molecular complexity index is 926. The number of nitrogens with one attached hydrogen (secondary N) is 1. The lowest BCUT2D eigenvalue weighted by atomic mass is 10.1. The smallest absolute Gasteiger partial charge is 0.293 e. The van der Waals surface area contributed by atoms with Gasteiger partial charge in [0, 0.05) is 5.69 Å². The molecule has 0 aliphatic heterocycles. The second-order valence-corrected chi connectivity index (χ2v) is 6.14. The number of rotatable bonds is 2. The van der Waals surface area contributed by atoms with Crippen LogP contribution in [-0.4, -0.2) is 20.5 Å². The molecule has 23 heavy (non-hydrogen) atoms. The van der Waals surface area contributed by atoms with Crippen molar-refractivity contribution in [1.29, 1.82) is 0 Å². The lowest BCUT2D eigenvalue weighted by molar-refractivity contribution is 0.101. The van der Waals surface area contributed by atoms with Crippen molar-refractivity contribution in [1.82, 2.24) is 14.6 Å². The minimum Gasteiger partial charge on any atom is -0.319 e. The zero-order chi connectivity index (χ0) is 16.0. The Balaban J connectivity index is 1.67. The van der Waals surface area contributed by atoms with Crippen molar-refractivity contribution in [2.45, 2.75) is 33.1 Å². The number of carbonyl (C=O) groups excluding carboxylic acids is 1. The highest BCUT2D eigenvalue weighted by molar-refractivity contribution is 6.02. The first-order chi connectivity index (χ1) is 11.1. The highest BCUT2D eigenvalue weighted by Gasteiger charge is 2.17. The van der Waals surface area contributed by atoms with Gasteiger partial charge in [0.05, 0.1) is 17.4 Å².